The van der Waals surface area contributed by atoms with Crippen LogP contribution in [0.1, 0.15) is 25.7 Å². The van der Waals surface area contributed by atoms with E-state index >= 15 is 0 Å². The number of rotatable bonds is 4. The number of nitrogens with two attached hydrogens (primary N) is 1. The van der Waals surface area contributed by atoms with E-state index in [1.54, 1.807) is 12.1 Å². The summed E-state index contributed by atoms with van der Waals surface area (Å²) in [6.07, 6.45) is 2.97. The van der Waals surface area contributed by atoms with Crippen molar-refractivity contribution in [3.05, 3.63) is 21.1 Å². The summed E-state index contributed by atoms with van der Waals surface area (Å²) >= 11 is 6.51. The van der Waals surface area contributed by atoms with Gasteiger partial charge in [-0.3, -0.25) is 0 Å². The predicted molar refractivity (Wildman–Crippen MR) is 89.4 cm³/mol. The van der Waals surface area contributed by atoms with Gasteiger partial charge >= 0.3 is 0 Å². The van der Waals surface area contributed by atoms with E-state index in [1.165, 1.54) is 0 Å². The number of aliphatic hydroxyl groups is 1. The van der Waals surface area contributed by atoms with E-state index < -0.39 is 10.0 Å². The molecular formula is C13H18Br2N2O3S. The fourth-order valence-electron chi connectivity index (χ4n) is 2.61. The summed E-state index contributed by atoms with van der Waals surface area (Å²) in [4.78, 5) is 0.0575. The SMILES string of the molecule is Nc1cc(Br)cc(Br)c1S(=O)(=O)NCC1CCCC(O)C1. The molecule has 5 nitrogen and oxygen atoms in total. The van der Waals surface area contributed by atoms with Crippen LogP contribution in [0.2, 0.25) is 0 Å². The smallest absolute Gasteiger partial charge is 0.243 e. The van der Waals surface area contributed by atoms with Gasteiger partial charge in [-0.2, -0.15) is 0 Å². The zero-order valence-corrected chi connectivity index (χ0v) is 15.3. The highest BCUT2D eigenvalue weighted by Gasteiger charge is 2.25. The van der Waals surface area contributed by atoms with E-state index in [2.05, 4.69) is 36.6 Å². The molecule has 2 rings (SSSR count). The molecule has 2 atom stereocenters. The number of anilines is 1. The van der Waals surface area contributed by atoms with Crippen molar-refractivity contribution >= 4 is 47.6 Å². The maximum Gasteiger partial charge on any atom is 0.243 e. The fourth-order valence-corrected chi connectivity index (χ4v) is 5.79. The van der Waals surface area contributed by atoms with Crippen molar-refractivity contribution in [2.24, 2.45) is 5.92 Å². The molecule has 0 aliphatic heterocycles. The van der Waals surface area contributed by atoms with E-state index in [0.29, 0.717) is 21.9 Å². The highest BCUT2D eigenvalue weighted by Crippen LogP contribution is 2.32. The summed E-state index contributed by atoms with van der Waals surface area (Å²) in [5.74, 6) is 0.166. The van der Waals surface area contributed by atoms with Crippen molar-refractivity contribution in [1.29, 1.82) is 0 Å². The molecule has 0 saturated heterocycles. The predicted octanol–water partition coefficient (Wildman–Crippen LogP) is 2.62. The maximum atomic E-state index is 12.4. The zero-order valence-electron chi connectivity index (χ0n) is 11.4. The molecule has 4 N–H and O–H groups in total. The standard InChI is InChI=1S/C13H18Br2N2O3S/c14-9-5-11(15)13(12(16)6-9)21(19,20)17-7-8-2-1-3-10(18)4-8/h5-6,8,10,17-18H,1-4,7,16H2. The van der Waals surface area contributed by atoms with Crippen LogP contribution >= 0.6 is 31.9 Å². The molecule has 1 aliphatic carbocycles. The van der Waals surface area contributed by atoms with Crippen molar-refractivity contribution in [2.75, 3.05) is 12.3 Å². The normalized spacial score (nSPS) is 23.2. The van der Waals surface area contributed by atoms with Gasteiger partial charge in [-0.15, -0.1) is 0 Å². The lowest BCUT2D eigenvalue weighted by atomic mass is 9.87. The Morgan fingerprint density at radius 1 is 1.33 bits per heavy atom. The fraction of sp³-hybridized carbons (Fsp3) is 0.538. The van der Waals surface area contributed by atoms with Gasteiger partial charge in [0, 0.05) is 15.5 Å². The van der Waals surface area contributed by atoms with Crippen molar-refractivity contribution in [2.45, 2.75) is 36.7 Å². The third kappa shape index (κ3) is 4.41. The highest BCUT2D eigenvalue weighted by atomic mass is 79.9. The Bertz CT molecular complexity index is 599. The molecule has 0 spiro atoms. The van der Waals surface area contributed by atoms with E-state index in [9.17, 15) is 13.5 Å². The second-order valence-corrected chi connectivity index (χ2v) is 8.82. The number of hydrogen-bond acceptors (Lipinski definition) is 4. The lowest BCUT2D eigenvalue weighted by Crippen LogP contribution is -2.33. The summed E-state index contributed by atoms with van der Waals surface area (Å²) < 4.78 is 28.6. The third-order valence-electron chi connectivity index (χ3n) is 3.62. The number of benzene rings is 1. The number of halogens is 2. The van der Waals surface area contributed by atoms with Gasteiger partial charge in [-0.05, 0) is 53.2 Å². The van der Waals surface area contributed by atoms with Crippen molar-refractivity contribution < 1.29 is 13.5 Å². The van der Waals surface area contributed by atoms with Crippen LogP contribution in [0, 0.1) is 5.92 Å². The second kappa shape index (κ2) is 6.95. The van der Waals surface area contributed by atoms with E-state index in [1.807, 2.05) is 0 Å². The molecule has 0 heterocycles. The number of nitrogen functional groups attached to an aromatic ring is 1. The topological polar surface area (TPSA) is 92.4 Å². The molecule has 0 radical (unpaired) electrons. The van der Waals surface area contributed by atoms with Crippen LogP contribution in [0.5, 0.6) is 0 Å². The molecule has 1 fully saturated rings. The van der Waals surface area contributed by atoms with Gasteiger partial charge in [0.2, 0.25) is 10.0 Å². The summed E-state index contributed by atoms with van der Waals surface area (Å²) in [5.41, 5.74) is 6.01. The zero-order chi connectivity index (χ0) is 15.6. The quantitative estimate of drug-likeness (QED) is 0.626. The van der Waals surface area contributed by atoms with Gasteiger partial charge in [0.15, 0.2) is 0 Å². The Morgan fingerprint density at radius 3 is 2.67 bits per heavy atom. The molecule has 1 aliphatic rings. The summed E-state index contributed by atoms with van der Waals surface area (Å²) in [6, 6.07) is 3.21. The molecule has 1 aromatic rings. The van der Waals surface area contributed by atoms with Crippen molar-refractivity contribution in [3.63, 3.8) is 0 Å². The Labute approximate surface area is 141 Å². The molecule has 21 heavy (non-hydrogen) atoms. The Kier molecular flexibility index (Phi) is 5.70. The van der Waals surface area contributed by atoms with Gasteiger partial charge in [0.25, 0.3) is 0 Å². The van der Waals surface area contributed by atoms with Crippen LogP contribution < -0.4 is 10.5 Å². The second-order valence-electron chi connectivity index (χ2n) is 5.34. The Balaban J connectivity index is 2.12. The molecule has 118 valence electrons. The number of sulfonamides is 1. The minimum Gasteiger partial charge on any atom is -0.398 e. The van der Waals surface area contributed by atoms with Crippen LogP contribution in [0.25, 0.3) is 0 Å². The van der Waals surface area contributed by atoms with Gasteiger partial charge in [0.05, 0.1) is 11.8 Å². The largest absolute Gasteiger partial charge is 0.398 e. The molecular weight excluding hydrogens is 424 g/mol. The van der Waals surface area contributed by atoms with Crippen LogP contribution in [0.4, 0.5) is 5.69 Å². The monoisotopic (exact) mass is 440 g/mol. The van der Waals surface area contributed by atoms with Gasteiger partial charge in [-0.25, -0.2) is 13.1 Å². The average molecular weight is 442 g/mol. The first-order valence-electron chi connectivity index (χ1n) is 6.72. The number of aliphatic hydroxyl groups excluding tert-OH is 1. The van der Waals surface area contributed by atoms with Crippen LogP contribution in [-0.2, 0) is 10.0 Å². The van der Waals surface area contributed by atoms with Gasteiger partial charge < -0.3 is 10.8 Å². The average Bonchev–Trinajstić information content (AvgIpc) is 2.35. The molecule has 0 aromatic heterocycles. The molecule has 8 heteroatoms. The lowest BCUT2D eigenvalue weighted by Gasteiger charge is -2.26. The third-order valence-corrected chi connectivity index (χ3v) is 6.51. The first-order valence-corrected chi connectivity index (χ1v) is 9.79. The van der Waals surface area contributed by atoms with Crippen LogP contribution in [0.15, 0.2) is 26.0 Å². The summed E-state index contributed by atoms with van der Waals surface area (Å²) in [7, 11) is -3.68. The van der Waals surface area contributed by atoms with Gasteiger partial charge in [0.1, 0.15) is 4.90 Å². The van der Waals surface area contributed by atoms with Crippen LogP contribution in [0.3, 0.4) is 0 Å². The molecule has 1 aromatic carbocycles. The van der Waals surface area contributed by atoms with Crippen molar-refractivity contribution in [1.82, 2.24) is 4.72 Å². The first-order chi connectivity index (χ1) is 9.79. The number of hydrogen-bond donors (Lipinski definition) is 3. The molecule has 1 saturated carbocycles. The first kappa shape index (κ1) is 17.2. The van der Waals surface area contributed by atoms with Crippen LogP contribution in [-0.4, -0.2) is 26.2 Å². The minimum atomic E-state index is -3.68. The van der Waals surface area contributed by atoms with E-state index in [4.69, 9.17) is 5.73 Å². The molecule has 0 amide bonds. The highest BCUT2D eigenvalue weighted by molar-refractivity contribution is 9.11. The minimum absolute atomic E-state index is 0.0575. The lowest BCUT2D eigenvalue weighted by molar-refractivity contribution is 0.102. The Morgan fingerprint density at radius 2 is 2.05 bits per heavy atom. The van der Waals surface area contributed by atoms with E-state index in [-0.39, 0.29) is 22.6 Å². The Hall–Kier alpha value is -0.150. The summed E-state index contributed by atoms with van der Waals surface area (Å²) in [5, 5.41) is 9.63. The van der Waals surface area contributed by atoms with E-state index in [0.717, 1.165) is 19.3 Å². The maximum absolute atomic E-state index is 12.4. The molecule has 2 unspecified atom stereocenters. The molecule has 0 bridgehead atoms. The van der Waals surface area contributed by atoms with Gasteiger partial charge in [-0.1, -0.05) is 22.4 Å². The number of nitrogens with one attached hydrogen (secondary N) is 1. The van der Waals surface area contributed by atoms with Crippen molar-refractivity contribution in [3.8, 4) is 0 Å². The summed E-state index contributed by atoms with van der Waals surface area (Å²) in [6.45, 7) is 0.321.